The third kappa shape index (κ3) is 6.77. The molecule has 1 aliphatic heterocycles. The van der Waals surface area contributed by atoms with E-state index in [9.17, 15) is 34.8 Å². The lowest BCUT2D eigenvalue weighted by atomic mass is 10.0. The number of halogens is 4. The monoisotopic (exact) mass is 615 g/mol. The molecule has 1 amide bonds. The largest absolute Gasteiger partial charge is 0.416 e. The van der Waals surface area contributed by atoms with Crippen molar-refractivity contribution >= 4 is 48.9 Å². The van der Waals surface area contributed by atoms with Gasteiger partial charge in [0.1, 0.15) is 0 Å². The molecule has 0 aliphatic carbocycles. The first-order valence-electron chi connectivity index (χ1n) is 12.1. The molecule has 1 saturated heterocycles. The van der Waals surface area contributed by atoms with Gasteiger partial charge in [-0.1, -0.05) is 24.6 Å². The molecule has 214 valence electrons. The summed E-state index contributed by atoms with van der Waals surface area (Å²) in [5.74, 6) is -0.289. The molecule has 40 heavy (non-hydrogen) atoms. The minimum atomic E-state index is -4.64. The molecule has 0 atom stereocenters. The van der Waals surface area contributed by atoms with Crippen LogP contribution >= 0.6 is 11.6 Å². The zero-order chi connectivity index (χ0) is 29.3. The van der Waals surface area contributed by atoms with Crippen molar-refractivity contribution in [2.24, 2.45) is 5.92 Å². The number of carbonyl (C=O) groups is 1. The summed E-state index contributed by atoms with van der Waals surface area (Å²) in [5, 5.41) is 2.56. The molecule has 0 aromatic heterocycles. The Kier molecular flexibility index (Phi) is 8.50. The topological polar surface area (TPSA) is 113 Å². The van der Waals surface area contributed by atoms with Crippen LogP contribution in [0.3, 0.4) is 0 Å². The van der Waals surface area contributed by atoms with E-state index >= 15 is 0 Å². The molecular weight excluding hydrogens is 591 g/mol. The Bertz CT molecular complexity index is 1620. The Labute approximate surface area is 235 Å². The number of anilines is 2. The number of benzene rings is 3. The van der Waals surface area contributed by atoms with Crippen LogP contribution in [0.4, 0.5) is 24.5 Å². The minimum absolute atomic E-state index is 0.0215. The van der Waals surface area contributed by atoms with E-state index in [1.54, 1.807) is 0 Å². The van der Waals surface area contributed by atoms with Gasteiger partial charge < -0.3 is 5.32 Å². The molecule has 8 nitrogen and oxygen atoms in total. The van der Waals surface area contributed by atoms with Gasteiger partial charge in [0.25, 0.3) is 15.9 Å². The first-order chi connectivity index (χ1) is 18.7. The van der Waals surface area contributed by atoms with Gasteiger partial charge in [0.2, 0.25) is 10.0 Å². The number of nitrogens with zero attached hydrogens (tertiary/aromatic N) is 1. The van der Waals surface area contributed by atoms with Crippen LogP contribution in [0.25, 0.3) is 0 Å². The molecule has 1 heterocycles. The van der Waals surface area contributed by atoms with E-state index in [1.165, 1.54) is 40.7 Å². The predicted molar refractivity (Wildman–Crippen MR) is 145 cm³/mol. The van der Waals surface area contributed by atoms with Crippen LogP contribution in [0.2, 0.25) is 5.02 Å². The van der Waals surface area contributed by atoms with Crippen molar-refractivity contribution in [3.63, 3.8) is 0 Å². The fourth-order valence-corrected chi connectivity index (χ4v) is 6.85. The van der Waals surface area contributed by atoms with Crippen LogP contribution in [0.1, 0.15) is 35.7 Å². The fourth-order valence-electron chi connectivity index (χ4n) is 4.10. The fraction of sp³-hybridized carbons (Fsp3) is 0.269. The number of carbonyl (C=O) groups excluding carboxylic acids is 1. The van der Waals surface area contributed by atoms with Gasteiger partial charge in [0.15, 0.2) is 0 Å². The summed E-state index contributed by atoms with van der Waals surface area (Å²) in [6.07, 6.45) is -3.16. The number of alkyl halides is 3. The number of piperidine rings is 1. The first-order valence-corrected chi connectivity index (χ1v) is 15.4. The van der Waals surface area contributed by atoms with E-state index in [2.05, 4.69) is 17.0 Å². The number of rotatable bonds is 7. The molecular formula is C26H25ClF3N3O5S2. The maximum atomic E-state index is 13.1. The molecule has 0 unspecified atom stereocenters. The molecule has 1 fully saturated rings. The normalized spacial score (nSPS) is 15.5. The molecule has 3 aromatic carbocycles. The molecule has 3 aromatic rings. The lowest BCUT2D eigenvalue weighted by Crippen LogP contribution is -2.37. The first kappa shape index (κ1) is 29.8. The number of hydrogen-bond acceptors (Lipinski definition) is 5. The van der Waals surface area contributed by atoms with Crippen LogP contribution < -0.4 is 10.0 Å². The third-order valence-corrected chi connectivity index (χ3v) is 10.0. The molecule has 14 heteroatoms. The molecule has 0 radical (unpaired) electrons. The summed E-state index contributed by atoms with van der Waals surface area (Å²) in [6, 6.07) is 12.5. The number of amides is 1. The quantitative estimate of drug-likeness (QED) is 0.347. The zero-order valence-electron chi connectivity index (χ0n) is 21.1. The van der Waals surface area contributed by atoms with Gasteiger partial charge in [0, 0.05) is 24.5 Å². The highest BCUT2D eigenvalue weighted by atomic mass is 35.5. The highest BCUT2D eigenvalue weighted by Gasteiger charge is 2.31. The van der Waals surface area contributed by atoms with Crippen molar-refractivity contribution in [3.8, 4) is 0 Å². The van der Waals surface area contributed by atoms with Crippen molar-refractivity contribution in [3.05, 3.63) is 82.9 Å². The molecule has 1 aliphatic rings. The van der Waals surface area contributed by atoms with E-state index in [0.717, 1.165) is 37.1 Å². The Morgan fingerprint density at radius 3 is 2.15 bits per heavy atom. The molecule has 0 saturated carbocycles. The summed E-state index contributed by atoms with van der Waals surface area (Å²) in [4.78, 5) is 12.6. The number of nitrogens with one attached hydrogen (secondary N) is 2. The predicted octanol–water partition coefficient (Wildman–Crippen LogP) is 5.83. The summed E-state index contributed by atoms with van der Waals surface area (Å²) in [7, 11) is -8.07. The van der Waals surface area contributed by atoms with Crippen molar-refractivity contribution < 1.29 is 34.8 Å². The van der Waals surface area contributed by atoms with Crippen LogP contribution in [-0.4, -0.2) is 40.1 Å². The van der Waals surface area contributed by atoms with Gasteiger partial charge in [-0.3, -0.25) is 9.52 Å². The number of sulfonamides is 2. The lowest BCUT2D eigenvalue weighted by molar-refractivity contribution is -0.137. The Balaban J connectivity index is 1.49. The Morgan fingerprint density at radius 1 is 0.900 bits per heavy atom. The second-order valence-electron chi connectivity index (χ2n) is 9.39. The summed E-state index contributed by atoms with van der Waals surface area (Å²) in [5.41, 5.74) is -1.18. The standard InChI is InChI=1S/C26H25ClF3N3O5S2/c1-17-11-13-33(14-12-17)40(37,38)22-9-10-24(27)23(16-22)25(34)31-19-5-7-21(8-6-19)39(35,36)32-20-4-2-3-18(15-20)26(28,29)30/h2-10,15-17,32H,11-14H2,1H3,(H,31,34). The van der Waals surface area contributed by atoms with Gasteiger partial charge >= 0.3 is 6.18 Å². The second-order valence-corrected chi connectivity index (χ2v) is 13.4. The van der Waals surface area contributed by atoms with E-state index in [0.29, 0.717) is 25.1 Å². The molecule has 0 spiro atoms. The van der Waals surface area contributed by atoms with E-state index in [1.807, 2.05) is 0 Å². The smallest absolute Gasteiger partial charge is 0.322 e. The molecule has 2 N–H and O–H groups in total. The van der Waals surface area contributed by atoms with Gasteiger partial charge in [-0.25, -0.2) is 16.8 Å². The maximum absolute atomic E-state index is 13.1. The number of hydrogen-bond donors (Lipinski definition) is 2. The Hall–Kier alpha value is -3.13. The van der Waals surface area contributed by atoms with Crippen LogP contribution in [0, 0.1) is 5.92 Å². The van der Waals surface area contributed by atoms with Crippen molar-refractivity contribution in [2.45, 2.75) is 35.7 Å². The minimum Gasteiger partial charge on any atom is -0.322 e. The van der Waals surface area contributed by atoms with Crippen molar-refractivity contribution in [2.75, 3.05) is 23.1 Å². The van der Waals surface area contributed by atoms with E-state index in [-0.39, 0.29) is 31.8 Å². The van der Waals surface area contributed by atoms with Crippen LogP contribution in [0.5, 0.6) is 0 Å². The summed E-state index contributed by atoms with van der Waals surface area (Å²) in [6.45, 7) is 2.82. The van der Waals surface area contributed by atoms with Gasteiger partial charge in [-0.15, -0.1) is 0 Å². The van der Waals surface area contributed by atoms with Crippen LogP contribution in [-0.2, 0) is 26.2 Å². The van der Waals surface area contributed by atoms with Crippen LogP contribution in [0.15, 0.2) is 76.5 Å². The van der Waals surface area contributed by atoms with Gasteiger partial charge in [-0.05, 0) is 79.4 Å². The average Bonchev–Trinajstić information content (AvgIpc) is 2.89. The SMILES string of the molecule is CC1CCN(S(=O)(=O)c2ccc(Cl)c(C(=O)Nc3ccc(S(=O)(=O)Nc4cccc(C(F)(F)F)c4)cc3)c2)CC1. The summed E-state index contributed by atoms with van der Waals surface area (Å²) < 4.78 is 93.9. The zero-order valence-corrected chi connectivity index (χ0v) is 23.5. The maximum Gasteiger partial charge on any atom is 0.416 e. The van der Waals surface area contributed by atoms with E-state index in [4.69, 9.17) is 11.6 Å². The highest BCUT2D eigenvalue weighted by Crippen LogP contribution is 2.31. The van der Waals surface area contributed by atoms with Gasteiger partial charge in [0.05, 0.1) is 25.9 Å². The van der Waals surface area contributed by atoms with E-state index < -0.39 is 37.7 Å². The third-order valence-electron chi connectivity index (χ3n) is 6.43. The average molecular weight is 616 g/mol. The lowest BCUT2D eigenvalue weighted by Gasteiger charge is -2.29. The molecule has 4 rings (SSSR count). The van der Waals surface area contributed by atoms with Crippen molar-refractivity contribution in [1.82, 2.24) is 4.31 Å². The van der Waals surface area contributed by atoms with Crippen molar-refractivity contribution in [1.29, 1.82) is 0 Å². The summed E-state index contributed by atoms with van der Waals surface area (Å²) >= 11 is 6.19. The Morgan fingerprint density at radius 2 is 1.52 bits per heavy atom. The highest BCUT2D eigenvalue weighted by molar-refractivity contribution is 7.92. The second kappa shape index (κ2) is 11.4. The van der Waals surface area contributed by atoms with Gasteiger partial charge in [-0.2, -0.15) is 17.5 Å². The molecule has 0 bridgehead atoms.